The number of fused-ring (bicyclic) bond motifs is 1. The standard InChI is InChI=1S/C24H27FN8O2/c25-20-22(28-17-6-4-16(5-7-17)8-9-26)29-21(18-15-27-33-10-2-1-3-19(18)33)30-23(20)31-11-13-32(14-12-31)24(34)35/h1-3,10,15-17H,4-8,11-14H2,(H,34,35)(H,28,29,30)/t16-,17-. The highest BCUT2D eigenvalue weighted by Gasteiger charge is 2.28. The predicted octanol–water partition coefficient (Wildman–Crippen LogP) is 3.61. The maximum absolute atomic E-state index is 15.8. The summed E-state index contributed by atoms with van der Waals surface area (Å²) >= 11 is 0. The largest absolute Gasteiger partial charge is 0.465 e. The molecule has 1 saturated heterocycles. The molecule has 1 aliphatic carbocycles. The number of carbonyl (C=O) groups is 1. The van der Waals surface area contributed by atoms with Gasteiger partial charge in [0, 0.05) is 44.8 Å². The summed E-state index contributed by atoms with van der Waals surface area (Å²) in [6.45, 7) is 1.23. The molecule has 1 amide bonds. The molecule has 2 N–H and O–H groups in total. The van der Waals surface area contributed by atoms with Crippen LogP contribution in [-0.2, 0) is 0 Å². The van der Waals surface area contributed by atoms with E-state index >= 15 is 4.39 Å². The number of nitrogens with zero attached hydrogens (tertiary/aromatic N) is 7. The van der Waals surface area contributed by atoms with Crippen molar-refractivity contribution in [3.63, 3.8) is 0 Å². The monoisotopic (exact) mass is 478 g/mol. The fourth-order valence-corrected chi connectivity index (χ4v) is 4.91. The molecule has 1 aliphatic heterocycles. The number of nitriles is 1. The van der Waals surface area contributed by atoms with Crippen LogP contribution < -0.4 is 10.2 Å². The third-order valence-electron chi connectivity index (χ3n) is 6.92. The maximum Gasteiger partial charge on any atom is 0.407 e. The van der Waals surface area contributed by atoms with E-state index < -0.39 is 11.9 Å². The van der Waals surface area contributed by atoms with E-state index in [9.17, 15) is 9.90 Å². The summed E-state index contributed by atoms with van der Waals surface area (Å²) in [4.78, 5) is 23.6. The van der Waals surface area contributed by atoms with Gasteiger partial charge >= 0.3 is 6.09 Å². The van der Waals surface area contributed by atoms with E-state index in [-0.39, 0.29) is 30.8 Å². The van der Waals surface area contributed by atoms with E-state index in [1.54, 1.807) is 15.6 Å². The molecule has 0 aromatic carbocycles. The van der Waals surface area contributed by atoms with Crippen molar-refractivity contribution in [2.24, 2.45) is 5.92 Å². The first-order valence-corrected chi connectivity index (χ1v) is 11.9. The molecule has 11 heteroatoms. The Labute approximate surface area is 202 Å². The second-order valence-electron chi connectivity index (χ2n) is 9.10. The van der Waals surface area contributed by atoms with E-state index in [1.165, 1.54) is 4.90 Å². The molecule has 182 valence electrons. The number of carboxylic acid groups (broad SMARTS) is 1. The highest BCUT2D eigenvalue weighted by atomic mass is 19.1. The van der Waals surface area contributed by atoms with Crippen molar-refractivity contribution in [2.45, 2.75) is 38.1 Å². The Kier molecular flexibility index (Phi) is 6.35. The molecule has 3 aromatic heterocycles. The topological polar surface area (TPSA) is 123 Å². The molecule has 10 nitrogen and oxygen atoms in total. The van der Waals surface area contributed by atoms with Gasteiger partial charge in [0.1, 0.15) is 0 Å². The minimum absolute atomic E-state index is 0.0582. The Morgan fingerprint density at radius 3 is 2.66 bits per heavy atom. The highest BCUT2D eigenvalue weighted by molar-refractivity contribution is 5.77. The summed E-state index contributed by atoms with van der Waals surface area (Å²) in [5.41, 5.74) is 1.50. The van der Waals surface area contributed by atoms with E-state index in [1.807, 2.05) is 24.4 Å². The Balaban J connectivity index is 1.47. The molecular weight excluding hydrogens is 451 g/mol. The summed E-state index contributed by atoms with van der Waals surface area (Å²) in [7, 11) is 0. The molecule has 5 rings (SSSR count). The number of piperazine rings is 1. The average molecular weight is 479 g/mol. The first-order chi connectivity index (χ1) is 17.0. The van der Waals surface area contributed by atoms with Gasteiger partial charge in [-0.3, -0.25) is 0 Å². The number of rotatable bonds is 5. The van der Waals surface area contributed by atoms with Crippen molar-refractivity contribution in [1.29, 1.82) is 5.26 Å². The number of halogens is 1. The van der Waals surface area contributed by atoms with Crippen LogP contribution in [0.25, 0.3) is 16.9 Å². The normalized spacial score (nSPS) is 20.6. The van der Waals surface area contributed by atoms with Gasteiger partial charge in [0.05, 0.1) is 23.3 Å². The number of anilines is 2. The van der Waals surface area contributed by atoms with Gasteiger partial charge in [-0.1, -0.05) is 6.07 Å². The van der Waals surface area contributed by atoms with Crippen molar-refractivity contribution >= 4 is 23.2 Å². The minimum atomic E-state index is -0.978. The third kappa shape index (κ3) is 4.69. The molecule has 4 heterocycles. The molecule has 35 heavy (non-hydrogen) atoms. The minimum Gasteiger partial charge on any atom is -0.465 e. The first-order valence-electron chi connectivity index (χ1n) is 11.9. The van der Waals surface area contributed by atoms with Crippen LogP contribution in [0.3, 0.4) is 0 Å². The van der Waals surface area contributed by atoms with Crippen LogP contribution in [-0.4, -0.2) is 67.9 Å². The highest BCUT2D eigenvalue weighted by Crippen LogP contribution is 2.33. The molecule has 0 atom stereocenters. The van der Waals surface area contributed by atoms with Crippen LogP contribution in [0, 0.1) is 23.1 Å². The second kappa shape index (κ2) is 9.74. The van der Waals surface area contributed by atoms with Crippen LogP contribution in [0.5, 0.6) is 0 Å². The molecule has 0 unspecified atom stereocenters. The van der Waals surface area contributed by atoms with Gasteiger partial charge in [0.15, 0.2) is 17.5 Å². The Hall–Kier alpha value is -3.94. The fraction of sp³-hybridized carbons (Fsp3) is 0.458. The van der Waals surface area contributed by atoms with Crippen LogP contribution in [0.2, 0.25) is 0 Å². The van der Waals surface area contributed by atoms with Crippen molar-refractivity contribution in [3.05, 3.63) is 36.4 Å². The predicted molar refractivity (Wildman–Crippen MR) is 128 cm³/mol. The van der Waals surface area contributed by atoms with Crippen LogP contribution >= 0.6 is 0 Å². The fourth-order valence-electron chi connectivity index (χ4n) is 4.91. The van der Waals surface area contributed by atoms with Crippen molar-refractivity contribution in [2.75, 3.05) is 36.4 Å². The quantitative estimate of drug-likeness (QED) is 0.570. The zero-order chi connectivity index (χ0) is 24.4. The third-order valence-corrected chi connectivity index (χ3v) is 6.92. The molecule has 3 aromatic rings. The second-order valence-corrected chi connectivity index (χ2v) is 9.10. The number of pyridine rings is 1. The van der Waals surface area contributed by atoms with Gasteiger partial charge in [0.2, 0.25) is 5.82 Å². The lowest BCUT2D eigenvalue weighted by molar-refractivity contribution is 0.142. The van der Waals surface area contributed by atoms with Crippen molar-refractivity contribution in [1.82, 2.24) is 24.5 Å². The summed E-state index contributed by atoms with van der Waals surface area (Å²) in [6, 6.07) is 7.98. The zero-order valence-electron chi connectivity index (χ0n) is 19.3. The van der Waals surface area contributed by atoms with E-state index in [0.29, 0.717) is 36.8 Å². The van der Waals surface area contributed by atoms with Gasteiger partial charge in [-0.2, -0.15) is 14.8 Å². The Morgan fingerprint density at radius 1 is 1.17 bits per heavy atom. The summed E-state index contributed by atoms with van der Waals surface area (Å²) in [6.07, 6.45) is 6.60. The lowest BCUT2D eigenvalue weighted by Crippen LogP contribution is -2.49. The Morgan fingerprint density at radius 2 is 1.94 bits per heavy atom. The van der Waals surface area contributed by atoms with Gasteiger partial charge < -0.3 is 20.2 Å². The number of amides is 1. The maximum atomic E-state index is 15.8. The zero-order valence-corrected chi connectivity index (χ0v) is 19.3. The van der Waals surface area contributed by atoms with Gasteiger partial charge in [-0.25, -0.2) is 19.3 Å². The molecular formula is C24H27FN8O2. The van der Waals surface area contributed by atoms with Gasteiger partial charge in [0.25, 0.3) is 0 Å². The molecule has 2 aliphatic rings. The molecule has 0 radical (unpaired) electrons. The van der Waals surface area contributed by atoms with E-state index in [4.69, 9.17) is 5.26 Å². The number of nitrogens with one attached hydrogen (secondary N) is 1. The van der Waals surface area contributed by atoms with Crippen LogP contribution in [0.15, 0.2) is 30.6 Å². The number of hydrogen-bond donors (Lipinski definition) is 2. The van der Waals surface area contributed by atoms with E-state index in [0.717, 1.165) is 31.2 Å². The molecule has 0 spiro atoms. The first kappa shape index (κ1) is 22.8. The van der Waals surface area contributed by atoms with E-state index in [2.05, 4.69) is 26.5 Å². The number of aromatic nitrogens is 4. The molecule has 2 fully saturated rings. The lowest BCUT2D eigenvalue weighted by Gasteiger charge is -2.34. The summed E-state index contributed by atoms with van der Waals surface area (Å²) in [5.74, 6) is 0.529. The van der Waals surface area contributed by atoms with Crippen LogP contribution in [0.4, 0.5) is 20.8 Å². The summed E-state index contributed by atoms with van der Waals surface area (Å²) in [5, 5.41) is 25.9. The van der Waals surface area contributed by atoms with Crippen molar-refractivity contribution in [3.8, 4) is 17.5 Å². The summed E-state index contributed by atoms with van der Waals surface area (Å²) < 4.78 is 17.5. The molecule has 1 saturated carbocycles. The van der Waals surface area contributed by atoms with Gasteiger partial charge in [-0.05, 0) is 43.7 Å². The van der Waals surface area contributed by atoms with Crippen LogP contribution in [0.1, 0.15) is 32.1 Å². The lowest BCUT2D eigenvalue weighted by atomic mass is 9.84. The average Bonchev–Trinajstić information content (AvgIpc) is 3.31. The number of hydrogen-bond acceptors (Lipinski definition) is 7. The smallest absolute Gasteiger partial charge is 0.407 e. The van der Waals surface area contributed by atoms with Gasteiger partial charge in [-0.15, -0.1) is 0 Å². The molecule has 0 bridgehead atoms. The van der Waals surface area contributed by atoms with Crippen molar-refractivity contribution < 1.29 is 14.3 Å². The Bertz CT molecular complexity index is 1260. The SMILES string of the molecule is N#CC[C@H]1CC[C@H](Nc2nc(-c3cnn4ccccc34)nc(N3CCN(C(=O)O)CC3)c2F)CC1.